The van der Waals surface area contributed by atoms with Crippen molar-refractivity contribution in [2.75, 3.05) is 13.1 Å². The Kier molecular flexibility index (Phi) is 7.47. The van der Waals surface area contributed by atoms with Crippen LogP contribution in [-0.4, -0.2) is 49.6 Å². The zero-order valence-corrected chi connectivity index (χ0v) is 21.6. The summed E-state index contributed by atoms with van der Waals surface area (Å²) in [5, 5.41) is 7.50. The van der Waals surface area contributed by atoms with E-state index in [1.165, 1.54) is 6.07 Å². The van der Waals surface area contributed by atoms with Crippen molar-refractivity contribution in [2.24, 2.45) is 5.92 Å². The SMILES string of the molecule is Cc1cc(C)nc(-n2nc(C)c(CC(=O)N3CCC(C(=O)NCc4ccc(C)c(F)c4)CC3)c2C)n1. The molecule has 0 bridgehead atoms. The van der Waals surface area contributed by atoms with Crippen molar-refractivity contribution in [2.45, 2.75) is 60.4 Å². The summed E-state index contributed by atoms with van der Waals surface area (Å²) in [7, 11) is 0. The molecule has 190 valence electrons. The maximum Gasteiger partial charge on any atom is 0.251 e. The highest BCUT2D eigenvalue weighted by Gasteiger charge is 2.28. The summed E-state index contributed by atoms with van der Waals surface area (Å²) in [4.78, 5) is 36.5. The molecular weight excluding hydrogens is 459 g/mol. The van der Waals surface area contributed by atoms with Crippen LogP contribution in [0.4, 0.5) is 4.39 Å². The van der Waals surface area contributed by atoms with E-state index in [0.717, 1.165) is 33.9 Å². The topological polar surface area (TPSA) is 93.0 Å². The van der Waals surface area contributed by atoms with Crippen LogP contribution in [0, 0.1) is 46.4 Å². The number of hydrogen-bond donors (Lipinski definition) is 1. The van der Waals surface area contributed by atoms with Gasteiger partial charge in [-0.05, 0) is 70.7 Å². The highest BCUT2D eigenvalue weighted by Crippen LogP contribution is 2.22. The lowest BCUT2D eigenvalue weighted by Gasteiger charge is -2.31. The number of halogens is 1. The van der Waals surface area contributed by atoms with Gasteiger partial charge in [0.2, 0.25) is 11.8 Å². The van der Waals surface area contributed by atoms with Gasteiger partial charge in [-0.15, -0.1) is 0 Å². The number of carbonyl (C=O) groups excluding carboxylic acids is 2. The predicted octanol–water partition coefficient (Wildman–Crippen LogP) is 3.44. The van der Waals surface area contributed by atoms with Crippen molar-refractivity contribution >= 4 is 11.8 Å². The zero-order valence-electron chi connectivity index (χ0n) is 21.6. The van der Waals surface area contributed by atoms with Crippen molar-refractivity contribution in [3.05, 3.63) is 69.5 Å². The van der Waals surface area contributed by atoms with Gasteiger partial charge >= 0.3 is 0 Å². The van der Waals surface area contributed by atoms with Crippen molar-refractivity contribution < 1.29 is 14.0 Å². The van der Waals surface area contributed by atoms with E-state index < -0.39 is 0 Å². The van der Waals surface area contributed by atoms with Crippen LogP contribution in [0.1, 0.15) is 52.3 Å². The monoisotopic (exact) mass is 492 g/mol. The van der Waals surface area contributed by atoms with E-state index in [-0.39, 0.29) is 30.0 Å². The van der Waals surface area contributed by atoms with Crippen molar-refractivity contribution in [3.8, 4) is 5.95 Å². The number of amides is 2. The number of benzene rings is 1. The molecule has 1 aliphatic rings. The lowest BCUT2D eigenvalue weighted by molar-refractivity contribution is -0.135. The molecule has 0 radical (unpaired) electrons. The summed E-state index contributed by atoms with van der Waals surface area (Å²) < 4.78 is 15.4. The Labute approximate surface area is 210 Å². The van der Waals surface area contributed by atoms with Crippen LogP contribution < -0.4 is 5.32 Å². The van der Waals surface area contributed by atoms with E-state index in [9.17, 15) is 14.0 Å². The first-order valence-electron chi connectivity index (χ1n) is 12.3. The summed E-state index contributed by atoms with van der Waals surface area (Å²) in [6, 6.07) is 6.89. The number of aryl methyl sites for hydroxylation is 4. The molecular formula is C27H33FN6O2. The van der Waals surface area contributed by atoms with Crippen molar-refractivity contribution in [1.82, 2.24) is 30.0 Å². The summed E-state index contributed by atoms with van der Waals surface area (Å²) >= 11 is 0. The number of nitrogens with zero attached hydrogens (tertiary/aromatic N) is 5. The number of nitrogens with one attached hydrogen (secondary N) is 1. The van der Waals surface area contributed by atoms with Crippen LogP contribution in [0.5, 0.6) is 0 Å². The maximum atomic E-state index is 13.7. The second kappa shape index (κ2) is 10.6. The molecule has 0 saturated carbocycles. The second-order valence-corrected chi connectivity index (χ2v) is 9.65. The Bertz CT molecular complexity index is 1270. The molecule has 2 amide bonds. The van der Waals surface area contributed by atoms with Crippen LogP contribution in [-0.2, 0) is 22.6 Å². The zero-order chi connectivity index (χ0) is 26.0. The molecule has 1 aromatic carbocycles. The largest absolute Gasteiger partial charge is 0.352 e. The lowest BCUT2D eigenvalue weighted by Crippen LogP contribution is -2.43. The molecule has 0 spiro atoms. The molecule has 2 aromatic heterocycles. The van der Waals surface area contributed by atoms with Gasteiger partial charge in [0, 0.05) is 48.2 Å². The fourth-order valence-corrected chi connectivity index (χ4v) is 4.66. The van der Waals surface area contributed by atoms with Crippen molar-refractivity contribution in [1.29, 1.82) is 0 Å². The Morgan fingerprint density at radius 2 is 1.69 bits per heavy atom. The third kappa shape index (κ3) is 5.61. The second-order valence-electron chi connectivity index (χ2n) is 9.65. The van der Waals surface area contributed by atoms with Gasteiger partial charge in [-0.3, -0.25) is 9.59 Å². The summed E-state index contributed by atoms with van der Waals surface area (Å²) in [6.45, 7) is 10.7. The van der Waals surface area contributed by atoms with Gasteiger partial charge in [0.15, 0.2) is 0 Å². The molecule has 4 rings (SSSR count). The minimum atomic E-state index is -0.272. The number of piperidine rings is 1. The van der Waals surface area contributed by atoms with Gasteiger partial charge in [0.25, 0.3) is 5.95 Å². The van der Waals surface area contributed by atoms with E-state index >= 15 is 0 Å². The molecule has 3 heterocycles. The van der Waals surface area contributed by atoms with E-state index in [4.69, 9.17) is 0 Å². The maximum absolute atomic E-state index is 13.7. The van der Waals surface area contributed by atoms with Crippen molar-refractivity contribution in [3.63, 3.8) is 0 Å². The lowest BCUT2D eigenvalue weighted by atomic mass is 9.95. The molecule has 0 aliphatic carbocycles. The molecule has 36 heavy (non-hydrogen) atoms. The van der Waals surface area contributed by atoms with Gasteiger partial charge in [0.05, 0.1) is 12.1 Å². The first-order valence-corrected chi connectivity index (χ1v) is 12.3. The van der Waals surface area contributed by atoms with E-state index in [0.29, 0.717) is 44.0 Å². The van der Waals surface area contributed by atoms with Crippen LogP contribution >= 0.6 is 0 Å². The van der Waals surface area contributed by atoms with Crippen LogP contribution in [0.15, 0.2) is 24.3 Å². The minimum absolute atomic E-state index is 0.0241. The smallest absolute Gasteiger partial charge is 0.251 e. The molecule has 0 unspecified atom stereocenters. The first-order chi connectivity index (χ1) is 17.1. The molecule has 8 nitrogen and oxygen atoms in total. The summed E-state index contributed by atoms with van der Waals surface area (Å²) in [5.74, 6) is 0.0518. The van der Waals surface area contributed by atoms with Gasteiger partial charge in [-0.1, -0.05) is 12.1 Å². The number of rotatable bonds is 6. The molecule has 1 aliphatic heterocycles. The third-order valence-corrected chi connectivity index (χ3v) is 6.85. The summed E-state index contributed by atoms with van der Waals surface area (Å²) in [6.07, 6.45) is 1.46. The number of hydrogen-bond acceptors (Lipinski definition) is 5. The average molecular weight is 493 g/mol. The Morgan fingerprint density at radius 3 is 2.33 bits per heavy atom. The fraction of sp³-hybridized carbons (Fsp3) is 0.444. The Balaban J connectivity index is 1.33. The third-order valence-electron chi connectivity index (χ3n) is 6.85. The van der Waals surface area contributed by atoms with Crippen LogP contribution in [0.25, 0.3) is 5.95 Å². The number of aromatic nitrogens is 4. The standard InChI is InChI=1S/C27H33FN6O2/c1-16-6-7-21(13-24(16)28)15-29-26(36)22-8-10-33(11-9-22)25(35)14-23-19(4)32-34(20(23)5)27-30-17(2)12-18(3)31-27/h6-7,12-13,22H,8-11,14-15H2,1-5H3,(H,29,36). The average Bonchev–Trinajstić information content (AvgIpc) is 3.12. The Hall–Kier alpha value is -3.62. The highest BCUT2D eigenvalue weighted by atomic mass is 19.1. The first kappa shape index (κ1) is 25.5. The van der Waals surface area contributed by atoms with E-state index in [2.05, 4.69) is 20.4 Å². The molecule has 1 fully saturated rings. The molecule has 1 N–H and O–H groups in total. The van der Waals surface area contributed by atoms with Crippen LogP contribution in [0.2, 0.25) is 0 Å². The van der Waals surface area contributed by atoms with Gasteiger partial charge in [0.1, 0.15) is 5.82 Å². The van der Waals surface area contributed by atoms with Crippen LogP contribution in [0.3, 0.4) is 0 Å². The molecule has 3 aromatic rings. The van der Waals surface area contributed by atoms with E-state index in [1.54, 1.807) is 17.7 Å². The molecule has 1 saturated heterocycles. The molecule has 0 atom stereocenters. The minimum Gasteiger partial charge on any atom is -0.352 e. The van der Waals surface area contributed by atoms with E-state index in [1.807, 2.05) is 44.7 Å². The number of carbonyl (C=O) groups is 2. The van der Waals surface area contributed by atoms with Gasteiger partial charge < -0.3 is 10.2 Å². The summed E-state index contributed by atoms with van der Waals surface area (Å²) in [5.41, 5.74) is 5.56. The fourth-order valence-electron chi connectivity index (χ4n) is 4.66. The quantitative estimate of drug-likeness (QED) is 0.569. The predicted molar refractivity (Wildman–Crippen MR) is 134 cm³/mol. The normalized spacial score (nSPS) is 14.2. The highest BCUT2D eigenvalue weighted by molar-refractivity contribution is 5.81. The Morgan fingerprint density at radius 1 is 1.03 bits per heavy atom. The van der Waals surface area contributed by atoms with Gasteiger partial charge in [-0.2, -0.15) is 5.10 Å². The molecule has 9 heteroatoms. The number of likely N-dealkylation sites (tertiary alicyclic amines) is 1. The van der Waals surface area contributed by atoms with Gasteiger partial charge in [-0.25, -0.2) is 19.0 Å².